The van der Waals surface area contributed by atoms with Crippen molar-refractivity contribution in [2.75, 3.05) is 0 Å². The maximum absolute atomic E-state index is 12.4. The topological polar surface area (TPSA) is 22.1 Å². The molecule has 1 aromatic heterocycles. The minimum Gasteiger partial charge on any atom is -0.417 e. The summed E-state index contributed by atoms with van der Waals surface area (Å²) < 4.78 is 39.3. The summed E-state index contributed by atoms with van der Waals surface area (Å²) in [5.74, 6) is -1.30. The van der Waals surface area contributed by atoms with Gasteiger partial charge in [-0.1, -0.05) is 11.6 Å². The molecule has 0 amide bonds. The molecule has 0 bridgehead atoms. The van der Waals surface area contributed by atoms with Crippen molar-refractivity contribution in [3.8, 4) is 5.88 Å². The molecule has 0 aromatic carbocycles. The number of hydrogen-bond acceptors (Lipinski definition) is 2. The van der Waals surface area contributed by atoms with Gasteiger partial charge in [0.25, 0.3) is 0 Å². The van der Waals surface area contributed by atoms with Crippen molar-refractivity contribution in [2.45, 2.75) is 6.61 Å². The Morgan fingerprint density at radius 1 is 1.42 bits per heavy atom. The second-order valence-corrected chi connectivity index (χ2v) is 2.21. The van der Waals surface area contributed by atoms with Gasteiger partial charge in [-0.25, -0.2) is 9.37 Å². The fourth-order valence-electron chi connectivity index (χ4n) is 0.595. The van der Waals surface area contributed by atoms with Gasteiger partial charge in [0.05, 0.1) is 0 Å². The monoisotopic (exact) mass is 197 g/mol. The van der Waals surface area contributed by atoms with E-state index in [9.17, 15) is 13.2 Å². The zero-order chi connectivity index (χ0) is 9.14. The normalized spacial score (nSPS) is 10.4. The molecule has 0 saturated carbocycles. The van der Waals surface area contributed by atoms with Crippen LogP contribution in [0.15, 0.2) is 12.1 Å². The summed E-state index contributed by atoms with van der Waals surface area (Å²) in [6, 6.07) is 1.61. The van der Waals surface area contributed by atoms with Gasteiger partial charge in [0, 0.05) is 12.1 Å². The van der Waals surface area contributed by atoms with Crippen molar-refractivity contribution in [3.63, 3.8) is 0 Å². The molecular formula is C6H3ClF3NO. The molecule has 2 nitrogen and oxygen atoms in total. The first-order valence-electron chi connectivity index (χ1n) is 2.86. The lowest BCUT2D eigenvalue weighted by atomic mass is 10.5. The Labute approximate surface area is 70.9 Å². The molecule has 12 heavy (non-hydrogen) atoms. The fraction of sp³-hybridized carbons (Fsp3) is 0.167. The lowest BCUT2D eigenvalue weighted by Crippen LogP contribution is -2.03. The van der Waals surface area contributed by atoms with E-state index in [1.807, 2.05) is 0 Å². The Balaban J connectivity index is 2.85. The number of nitrogens with zero attached hydrogens (tertiary/aromatic N) is 1. The van der Waals surface area contributed by atoms with E-state index in [4.69, 9.17) is 11.6 Å². The average Bonchev–Trinajstić information content (AvgIpc) is 1.81. The first-order chi connectivity index (χ1) is 5.58. The van der Waals surface area contributed by atoms with Crippen LogP contribution in [0.5, 0.6) is 5.88 Å². The summed E-state index contributed by atoms with van der Waals surface area (Å²) in [6.45, 7) is -3.03. The largest absolute Gasteiger partial charge is 0.417 e. The van der Waals surface area contributed by atoms with Crippen LogP contribution in [-0.4, -0.2) is 11.6 Å². The molecule has 0 aliphatic carbocycles. The van der Waals surface area contributed by atoms with Gasteiger partial charge in [0.2, 0.25) is 5.88 Å². The number of aromatic nitrogens is 1. The number of pyridine rings is 1. The van der Waals surface area contributed by atoms with Crippen LogP contribution in [0.1, 0.15) is 0 Å². The maximum atomic E-state index is 12.4. The van der Waals surface area contributed by atoms with Crippen molar-refractivity contribution in [1.29, 1.82) is 0 Å². The van der Waals surface area contributed by atoms with Gasteiger partial charge >= 0.3 is 6.61 Å². The molecule has 0 radical (unpaired) electrons. The molecule has 0 atom stereocenters. The van der Waals surface area contributed by atoms with E-state index in [0.29, 0.717) is 0 Å². The number of halogens is 4. The van der Waals surface area contributed by atoms with Crippen LogP contribution in [0.3, 0.4) is 0 Å². The lowest BCUT2D eigenvalue weighted by molar-refractivity contribution is -0.0530. The molecule has 1 rings (SSSR count). The van der Waals surface area contributed by atoms with Crippen LogP contribution in [0.4, 0.5) is 13.2 Å². The second-order valence-electron chi connectivity index (χ2n) is 1.82. The van der Waals surface area contributed by atoms with Crippen molar-refractivity contribution in [2.24, 2.45) is 0 Å². The highest BCUT2D eigenvalue weighted by atomic mass is 35.5. The maximum Gasteiger partial charge on any atom is 0.388 e. The van der Waals surface area contributed by atoms with Gasteiger partial charge in [-0.3, -0.25) is 0 Å². The first kappa shape index (κ1) is 9.12. The standard InChI is InChI=1S/C6H3ClF3NO/c7-4-1-3(8)2-5(11-4)12-6(9)10/h1-2,6H. The van der Waals surface area contributed by atoms with E-state index >= 15 is 0 Å². The number of ether oxygens (including phenoxy) is 1. The predicted molar refractivity (Wildman–Crippen MR) is 35.8 cm³/mol. The van der Waals surface area contributed by atoms with Crippen LogP contribution in [0, 0.1) is 5.82 Å². The highest BCUT2D eigenvalue weighted by Gasteiger charge is 2.07. The fourth-order valence-corrected chi connectivity index (χ4v) is 0.782. The van der Waals surface area contributed by atoms with Crippen molar-refractivity contribution < 1.29 is 17.9 Å². The second kappa shape index (κ2) is 3.62. The van der Waals surface area contributed by atoms with Gasteiger partial charge in [0.15, 0.2) is 0 Å². The summed E-state index contributed by atoms with van der Waals surface area (Å²) in [5.41, 5.74) is 0. The molecule has 0 N–H and O–H groups in total. The summed E-state index contributed by atoms with van der Waals surface area (Å²) in [4.78, 5) is 3.30. The molecule has 0 fully saturated rings. The summed E-state index contributed by atoms with van der Waals surface area (Å²) in [7, 11) is 0. The van der Waals surface area contributed by atoms with Gasteiger partial charge < -0.3 is 4.74 Å². The summed E-state index contributed by atoms with van der Waals surface area (Å²) >= 11 is 5.26. The number of alkyl halides is 2. The highest BCUT2D eigenvalue weighted by Crippen LogP contribution is 2.16. The third-order valence-electron chi connectivity index (χ3n) is 0.945. The van der Waals surface area contributed by atoms with E-state index < -0.39 is 18.3 Å². The Hall–Kier alpha value is -0.970. The van der Waals surface area contributed by atoms with Gasteiger partial charge in [-0.05, 0) is 0 Å². The Bertz CT molecular complexity index is 261. The predicted octanol–water partition coefficient (Wildman–Crippen LogP) is 2.48. The van der Waals surface area contributed by atoms with Crippen LogP contribution in [0.25, 0.3) is 0 Å². The molecule has 0 spiro atoms. The van der Waals surface area contributed by atoms with Crippen molar-refractivity contribution >= 4 is 11.6 Å². The molecule has 0 aliphatic rings. The van der Waals surface area contributed by atoms with E-state index in [-0.39, 0.29) is 5.15 Å². The zero-order valence-electron chi connectivity index (χ0n) is 5.60. The molecule has 1 aromatic rings. The number of rotatable bonds is 2. The summed E-state index contributed by atoms with van der Waals surface area (Å²) in [5, 5.41) is -0.231. The zero-order valence-corrected chi connectivity index (χ0v) is 6.36. The van der Waals surface area contributed by atoms with Gasteiger partial charge in [-0.15, -0.1) is 0 Å². The van der Waals surface area contributed by atoms with E-state index in [2.05, 4.69) is 9.72 Å². The van der Waals surface area contributed by atoms with E-state index in [1.165, 1.54) is 0 Å². The van der Waals surface area contributed by atoms with E-state index in [1.54, 1.807) is 0 Å². The van der Waals surface area contributed by atoms with Gasteiger partial charge in [0.1, 0.15) is 11.0 Å². The van der Waals surface area contributed by atoms with Crippen LogP contribution in [0.2, 0.25) is 5.15 Å². The van der Waals surface area contributed by atoms with E-state index in [0.717, 1.165) is 12.1 Å². The van der Waals surface area contributed by atoms with Crippen LogP contribution >= 0.6 is 11.6 Å². The average molecular weight is 198 g/mol. The highest BCUT2D eigenvalue weighted by molar-refractivity contribution is 6.29. The van der Waals surface area contributed by atoms with Crippen molar-refractivity contribution in [1.82, 2.24) is 4.98 Å². The molecular weight excluding hydrogens is 195 g/mol. The summed E-state index contributed by atoms with van der Waals surface area (Å²) in [6.07, 6.45) is 0. The molecule has 1 heterocycles. The van der Waals surface area contributed by atoms with Crippen LogP contribution < -0.4 is 4.74 Å². The van der Waals surface area contributed by atoms with Crippen LogP contribution in [-0.2, 0) is 0 Å². The Kier molecular flexibility index (Phi) is 2.75. The van der Waals surface area contributed by atoms with Gasteiger partial charge in [-0.2, -0.15) is 8.78 Å². The molecule has 0 saturated heterocycles. The minimum absolute atomic E-state index is 0.231. The molecule has 0 aliphatic heterocycles. The SMILES string of the molecule is Fc1cc(Cl)nc(OC(F)F)c1. The first-order valence-corrected chi connectivity index (χ1v) is 3.23. The van der Waals surface area contributed by atoms with Crippen molar-refractivity contribution in [3.05, 3.63) is 23.1 Å². The Morgan fingerprint density at radius 2 is 2.08 bits per heavy atom. The molecule has 6 heteroatoms. The lowest BCUT2D eigenvalue weighted by Gasteiger charge is -2.02. The molecule has 66 valence electrons. The third-order valence-corrected chi connectivity index (χ3v) is 1.14. The minimum atomic E-state index is -3.03. The Morgan fingerprint density at radius 3 is 2.58 bits per heavy atom. The third kappa shape index (κ3) is 2.58. The quantitative estimate of drug-likeness (QED) is 0.680. The molecule has 0 unspecified atom stereocenters. The number of hydrogen-bond donors (Lipinski definition) is 0. The smallest absolute Gasteiger partial charge is 0.388 e.